The maximum absolute atomic E-state index is 3.70. The number of nitrogens with zero attached hydrogens (tertiary/aromatic N) is 1. The lowest BCUT2D eigenvalue weighted by Crippen LogP contribution is -3.00. The van der Waals surface area contributed by atoms with Gasteiger partial charge in [0.2, 0.25) is 0 Å². The van der Waals surface area contributed by atoms with Gasteiger partial charge in [0.05, 0.1) is 26.3 Å². The van der Waals surface area contributed by atoms with Crippen LogP contribution in [0, 0.1) is 0 Å². The van der Waals surface area contributed by atoms with Crippen molar-refractivity contribution in [2.75, 3.05) is 20.6 Å². The number of quaternary nitrogens is 1. The fourth-order valence-electron chi connectivity index (χ4n) is 3.81. The zero-order valence-corrected chi connectivity index (χ0v) is 15.2. The standard InChI is InChI=1S/C19H21N2.HI/c1-21(2)13-12-16-15-10-6-7-11-17(15)20-18(16)19(21)14-8-4-3-5-9-14;/h3-11,19-20H,12-13H2,1-2H3;1H/q+1;/p-1. The SMILES string of the molecule is C[N+]1(C)CCc2c([nH]c3ccccc23)C1c1ccccc1.[I-]. The number of fused-ring (bicyclic) bond motifs is 3. The minimum Gasteiger partial charge on any atom is -1.00 e. The minimum absolute atomic E-state index is 0. The Balaban J connectivity index is 0.00000144. The van der Waals surface area contributed by atoms with Crippen LogP contribution in [0.15, 0.2) is 54.6 Å². The van der Waals surface area contributed by atoms with Crippen LogP contribution in [0.25, 0.3) is 10.9 Å². The zero-order chi connectivity index (χ0) is 14.4. The number of likely N-dealkylation sites (N-methyl/N-ethyl adjacent to an activating group) is 1. The van der Waals surface area contributed by atoms with E-state index in [1.165, 1.54) is 34.3 Å². The fourth-order valence-corrected chi connectivity index (χ4v) is 3.81. The van der Waals surface area contributed by atoms with Crippen molar-refractivity contribution in [1.82, 2.24) is 4.98 Å². The second kappa shape index (κ2) is 5.70. The Morgan fingerprint density at radius 2 is 1.64 bits per heavy atom. The lowest BCUT2D eigenvalue weighted by molar-refractivity contribution is -0.917. The van der Waals surface area contributed by atoms with Crippen molar-refractivity contribution in [2.24, 2.45) is 0 Å². The lowest BCUT2D eigenvalue weighted by atomic mass is 9.91. The van der Waals surface area contributed by atoms with Gasteiger partial charge in [0.1, 0.15) is 0 Å². The van der Waals surface area contributed by atoms with Crippen molar-refractivity contribution in [3.8, 4) is 0 Å². The predicted molar refractivity (Wildman–Crippen MR) is 87.3 cm³/mol. The van der Waals surface area contributed by atoms with Gasteiger partial charge in [-0.05, 0) is 11.6 Å². The average molecular weight is 404 g/mol. The molecule has 1 N–H and O–H groups in total. The summed E-state index contributed by atoms with van der Waals surface area (Å²) in [7, 11) is 4.68. The monoisotopic (exact) mass is 404 g/mol. The summed E-state index contributed by atoms with van der Waals surface area (Å²) in [6.45, 7) is 1.18. The quantitative estimate of drug-likeness (QED) is 0.458. The maximum atomic E-state index is 3.70. The highest BCUT2D eigenvalue weighted by molar-refractivity contribution is 5.85. The Bertz CT molecular complexity index is 790. The second-order valence-corrected chi connectivity index (χ2v) is 6.63. The Morgan fingerprint density at radius 1 is 0.955 bits per heavy atom. The molecule has 2 heterocycles. The van der Waals surface area contributed by atoms with E-state index in [0.717, 1.165) is 10.9 Å². The molecule has 3 heteroatoms. The van der Waals surface area contributed by atoms with Gasteiger partial charge in [0.15, 0.2) is 6.04 Å². The predicted octanol–water partition coefficient (Wildman–Crippen LogP) is 0.894. The number of aromatic amines is 1. The largest absolute Gasteiger partial charge is 1.00 e. The molecule has 0 amide bonds. The highest BCUT2D eigenvalue weighted by atomic mass is 127. The summed E-state index contributed by atoms with van der Waals surface area (Å²) in [6, 6.07) is 20.0. The number of H-pyrrole nitrogens is 1. The number of para-hydroxylation sites is 1. The molecule has 0 fully saturated rings. The average Bonchev–Trinajstić information content (AvgIpc) is 2.85. The molecule has 0 aliphatic carbocycles. The lowest BCUT2D eigenvalue weighted by Gasteiger charge is -2.41. The van der Waals surface area contributed by atoms with Crippen molar-refractivity contribution in [3.05, 3.63) is 71.4 Å². The minimum atomic E-state index is 0. The van der Waals surface area contributed by atoms with Crippen LogP contribution >= 0.6 is 0 Å². The molecule has 1 atom stereocenters. The van der Waals surface area contributed by atoms with Gasteiger partial charge in [0, 0.05) is 22.9 Å². The zero-order valence-electron chi connectivity index (χ0n) is 13.0. The molecule has 114 valence electrons. The summed E-state index contributed by atoms with van der Waals surface area (Å²) in [4.78, 5) is 3.70. The van der Waals surface area contributed by atoms with Crippen molar-refractivity contribution in [1.29, 1.82) is 0 Å². The Labute approximate surface area is 148 Å². The van der Waals surface area contributed by atoms with Gasteiger partial charge in [-0.1, -0.05) is 48.5 Å². The summed E-state index contributed by atoms with van der Waals surface area (Å²) >= 11 is 0. The molecule has 2 nitrogen and oxygen atoms in total. The van der Waals surface area contributed by atoms with Crippen LogP contribution in [0.2, 0.25) is 0 Å². The van der Waals surface area contributed by atoms with Crippen LogP contribution in [0.4, 0.5) is 0 Å². The maximum Gasteiger partial charge on any atom is 0.155 e. The number of rotatable bonds is 1. The molecule has 2 aromatic carbocycles. The third kappa shape index (κ3) is 2.36. The van der Waals surface area contributed by atoms with Crippen molar-refractivity contribution in [2.45, 2.75) is 12.5 Å². The highest BCUT2D eigenvalue weighted by Gasteiger charge is 2.38. The van der Waals surface area contributed by atoms with E-state index in [4.69, 9.17) is 0 Å². The summed E-state index contributed by atoms with van der Waals surface area (Å²) in [5, 5.41) is 1.40. The smallest absolute Gasteiger partial charge is 0.155 e. The molecular weight excluding hydrogens is 383 g/mol. The van der Waals surface area contributed by atoms with E-state index in [-0.39, 0.29) is 24.0 Å². The molecule has 1 aromatic heterocycles. The van der Waals surface area contributed by atoms with Crippen LogP contribution in [-0.4, -0.2) is 30.1 Å². The third-order valence-corrected chi connectivity index (χ3v) is 4.87. The highest BCUT2D eigenvalue weighted by Crippen LogP contribution is 2.40. The molecule has 1 aliphatic rings. The fraction of sp³-hybridized carbons (Fsp3) is 0.263. The number of aromatic nitrogens is 1. The van der Waals surface area contributed by atoms with E-state index in [1.54, 1.807) is 0 Å². The number of hydrogen-bond donors (Lipinski definition) is 1. The van der Waals surface area contributed by atoms with Gasteiger partial charge in [-0.2, -0.15) is 0 Å². The normalized spacial score (nSPS) is 19.5. The molecule has 0 saturated carbocycles. The Morgan fingerprint density at radius 3 is 2.41 bits per heavy atom. The van der Waals surface area contributed by atoms with Crippen LogP contribution in [0.5, 0.6) is 0 Å². The molecular formula is C19H21IN2. The Kier molecular flexibility index (Phi) is 4.03. The molecule has 0 radical (unpaired) electrons. The number of halogens is 1. The summed E-state index contributed by atoms with van der Waals surface area (Å²) in [6.07, 6.45) is 1.15. The first-order chi connectivity index (χ1) is 10.2. The first-order valence-electron chi connectivity index (χ1n) is 7.64. The third-order valence-electron chi connectivity index (χ3n) is 4.87. The number of hydrogen-bond acceptors (Lipinski definition) is 0. The van der Waals surface area contributed by atoms with E-state index in [2.05, 4.69) is 73.7 Å². The first-order valence-corrected chi connectivity index (χ1v) is 7.64. The van der Waals surface area contributed by atoms with Crippen molar-refractivity contribution >= 4 is 10.9 Å². The molecule has 4 rings (SSSR count). The molecule has 22 heavy (non-hydrogen) atoms. The van der Waals surface area contributed by atoms with Crippen LogP contribution in [0.3, 0.4) is 0 Å². The van der Waals surface area contributed by atoms with Crippen LogP contribution < -0.4 is 24.0 Å². The molecule has 3 aromatic rings. The van der Waals surface area contributed by atoms with E-state index in [9.17, 15) is 0 Å². The van der Waals surface area contributed by atoms with Crippen LogP contribution in [-0.2, 0) is 6.42 Å². The summed E-state index contributed by atoms with van der Waals surface area (Å²) in [5.74, 6) is 0. The van der Waals surface area contributed by atoms with Crippen molar-refractivity contribution < 1.29 is 28.5 Å². The summed E-state index contributed by atoms with van der Waals surface area (Å²) in [5.41, 5.74) is 5.58. The van der Waals surface area contributed by atoms with Gasteiger partial charge in [-0.15, -0.1) is 0 Å². The van der Waals surface area contributed by atoms with E-state index in [1.807, 2.05) is 0 Å². The van der Waals surface area contributed by atoms with Gasteiger partial charge < -0.3 is 33.4 Å². The molecule has 0 spiro atoms. The van der Waals surface area contributed by atoms with Gasteiger partial charge in [0.25, 0.3) is 0 Å². The number of nitrogens with one attached hydrogen (secondary N) is 1. The van der Waals surface area contributed by atoms with E-state index >= 15 is 0 Å². The molecule has 1 aliphatic heterocycles. The Hall–Kier alpha value is -1.33. The molecule has 0 bridgehead atoms. The second-order valence-electron chi connectivity index (χ2n) is 6.63. The van der Waals surface area contributed by atoms with Gasteiger partial charge in [-0.25, -0.2) is 0 Å². The topological polar surface area (TPSA) is 15.8 Å². The summed E-state index contributed by atoms with van der Waals surface area (Å²) < 4.78 is 1.00. The van der Waals surface area contributed by atoms with E-state index < -0.39 is 0 Å². The van der Waals surface area contributed by atoms with E-state index in [0.29, 0.717) is 6.04 Å². The van der Waals surface area contributed by atoms with Crippen LogP contribution in [0.1, 0.15) is 22.9 Å². The first kappa shape index (κ1) is 15.6. The van der Waals surface area contributed by atoms with Crippen molar-refractivity contribution in [3.63, 3.8) is 0 Å². The molecule has 0 saturated heterocycles. The number of benzene rings is 2. The van der Waals surface area contributed by atoms with Gasteiger partial charge >= 0.3 is 0 Å². The molecule has 1 unspecified atom stereocenters. The van der Waals surface area contributed by atoms with Gasteiger partial charge in [-0.3, -0.25) is 0 Å².